The average Bonchev–Trinajstić information content (AvgIpc) is 2.22. The van der Waals surface area contributed by atoms with Gasteiger partial charge in [-0.1, -0.05) is 0 Å². The Bertz CT molecular complexity index is 481. The molecule has 0 heterocycles. The lowest BCUT2D eigenvalue weighted by Gasteiger charge is -2.10. The van der Waals surface area contributed by atoms with E-state index in [9.17, 15) is 12.8 Å². The van der Waals surface area contributed by atoms with E-state index in [1.807, 2.05) is 22.6 Å². The fourth-order valence-electron chi connectivity index (χ4n) is 1.03. The average molecular weight is 374 g/mol. The van der Waals surface area contributed by atoms with Gasteiger partial charge in [-0.3, -0.25) is 4.72 Å². The Hall–Kier alpha value is -0.450. The zero-order valence-electron chi connectivity index (χ0n) is 9.04. The Kier molecular flexibility index (Phi) is 5.56. The Balaban J connectivity index is 2.69. The van der Waals surface area contributed by atoms with Gasteiger partial charge in [-0.05, 0) is 40.8 Å². The summed E-state index contributed by atoms with van der Waals surface area (Å²) in [5.41, 5.74) is 0.330. The topological polar surface area (TPSA) is 67.4 Å². The van der Waals surface area contributed by atoms with Crippen molar-refractivity contribution in [3.63, 3.8) is 0 Å². The highest BCUT2D eigenvalue weighted by atomic mass is 127. The number of nitrogens with one attached hydrogen (secondary N) is 2. The van der Waals surface area contributed by atoms with Gasteiger partial charge in [0.25, 0.3) is 10.2 Å². The van der Waals surface area contributed by atoms with Crippen LogP contribution >= 0.6 is 22.6 Å². The van der Waals surface area contributed by atoms with E-state index in [4.69, 9.17) is 4.74 Å². The molecule has 0 fully saturated rings. The Morgan fingerprint density at radius 1 is 1.47 bits per heavy atom. The maximum atomic E-state index is 12.8. The van der Waals surface area contributed by atoms with Crippen molar-refractivity contribution in [3.05, 3.63) is 27.6 Å². The third kappa shape index (κ3) is 5.15. The second-order valence-corrected chi connectivity index (χ2v) is 5.78. The molecular formula is C9H12FIN2O3S. The van der Waals surface area contributed by atoms with Crippen LogP contribution in [0, 0.1) is 9.39 Å². The standard InChI is InChI=1S/C9H12FIN2O3S/c1-16-5-4-12-17(14,15)13-9-3-2-7(10)6-8(9)11/h2-3,6,12-13H,4-5H2,1H3. The van der Waals surface area contributed by atoms with Gasteiger partial charge in [0.05, 0.1) is 12.3 Å². The maximum Gasteiger partial charge on any atom is 0.299 e. The van der Waals surface area contributed by atoms with Crippen LogP contribution in [0.3, 0.4) is 0 Å². The summed E-state index contributed by atoms with van der Waals surface area (Å²) < 4.78 is 45.7. The number of methoxy groups -OCH3 is 1. The van der Waals surface area contributed by atoms with E-state index in [1.165, 1.54) is 25.3 Å². The summed E-state index contributed by atoms with van der Waals surface area (Å²) in [7, 11) is -2.17. The SMILES string of the molecule is COCCNS(=O)(=O)Nc1ccc(F)cc1I. The van der Waals surface area contributed by atoms with Crippen molar-refractivity contribution in [2.24, 2.45) is 0 Å². The van der Waals surface area contributed by atoms with Crippen LogP contribution in [0.5, 0.6) is 0 Å². The van der Waals surface area contributed by atoms with E-state index < -0.39 is 16.0 Å². The number of anilines is 1. The van der Waals surface area contributed by atoms with E-state index >= 15 is 0 Å². The molecule has 0 aromatic heterocycles. The van der Waals surface area contributed by atoms with E-state index in [2.05, 4.69) is 9.44 Å². The molecule has 1 aromatic carbocycles. The van der Waals surface area contributed by atoms with Crippen LogP contribution in [0.2, 0.25) is 0 Å². The molecule has 8 heteroatoms. The summed E-state index contributed by atoms with van der Waals surface area (Å²) in [5.74, 6) is -0.412. The molecule has 0 spiro atoms. The second-order valence-electron chi connectivity index (χ2n) is 3.12. The molecule has 0 radical (unpaired) electrons. The first-order valence-electron chi connectivity index (χ1n) is 4.66. The smallest absolute Gasteiger partial charge is 0.299 e. The fourth-order valence-corrected chi connectivity index (χ4v) is 2.72. The molecule has 0 aliphatic rings. The van der Waals surface area contributed by atoms with Crippen LogP contribution in [0.4, 0.5) is 10.1 Å². The number of ether oxygens (including phenoxy) is 1. The minimum Gasteiger partial charge on any atom is -0.383 e. The molecule has 2 N–H and O–H groups in total. The van der Waals surface area contributed by atoms with Gasteiger partial charge in [0.1, 0.15) is 5.82 Å². The fraction of sp³-hybridized carbons (Fsp3) is 0.333. The van der Waals surface area contributed by atoms with E-state index in [0.717, 1.165) is 0 Å². The lowest BCUT2D eigenvalue weighted by molar-refractivity contribution is 0.204. The van der Waals surface area contributed by atoms with Gasteiger partial charge in [0.15, 0.2) is 0 Å². The third-order valence-electron chi connectivity index (χ3n) is 1.77. The molecule has 0 aliphatic heterocycles. The molecule has 0 saturated carbocycles. The lowest BCUT2D eigenvalue weighted by atomic mass is 10.3. The van der Waals surface area contributed by atoms with Crippen molar-refractivity contribution in [3.8, 4) is 0 Å². The molecule has 5 nitrogen and oxygen atoms in total. The first-order valence-corrected chi connectivity index (χ1v) is 7.22. The summed E-state index contributed by atoms with van der Waals surface area (Å²) in [6, 6.07) is 3.80. The molecule has 1 aromatic rings. The van der Waals surface area contributed by atoms with Crippen LogP contribution < -0.4 is 9.44 Å². The van der Waals surface area contributed by atoms with Crippen molar-refractivity contribution < 1.29 is 17.5 Å². The molecular weight excluding hydrogens is 362 g/mol. The summed E-state index contributed by atoms with van der Waals surface area (Å²) in [6.07, 6.45) is 0. The maximum absolute atomic E-state index is 12.8. The first-order chi connectivity index (χ1) is 7.94. The van der Waals surface area contributed by atoms with Crippen LogP contribution in [-0.2, 0) is 14.9 Å². The van der Waals surface area contributed by atoms with Gasteiger partial charge in [0.2, 0.25) is 0 Å². The summed E-state index contributed by atoms with van der Waals surface area (Å²) in [5, 5.41) is 0. The normalized spacial score (nSPS) is 11.5. The lowest BCUT2D eigenvalue weighted by Crippen LogP contribution is -2.32. The Morgan fingerprint density at radius 3 is 2.76 bits per heavy atom. The largest absolute Gasteiger partial charge is 0.383 e. The number of rotatable bonds is 6. The number of hydrogen-bond acceptors (Lipinski definition) is 3. The van der Waals surface area contributed by atoms with Gasteiger partial charge in [-0.15, -0.1) is 0 Å². The Labute approximate surface area is 113 Å². The van der Waals surface area contributed by atoms with Crippen molar-refractivity contribution in [2.45, 2.75) is 0 Å². The molecule has 0 aliphatic carbocycles. The highest BCUT2D eigenvalue weighted by molar-refractivity contribution is 14.1. The van der Waals surface area contributed by atoms with Gasteiger partial charge in [0, 0.05) is 17.2 Å². The van der Waals surface area contributed by atoms with E-state index in [-0.39, 0.29) is 13.2 Å². The molecule has 0 bridgehead atoms. The van der Waals surface area contributed by atoms with Crippen molar-refractivity contribution in [2.75, 3.05) is 25.0 Å². The molecule has 96 valence electrons. The quantitative estimate of drug-likeness (QED) is 0.583. The first kappa shape index (κ1) is 14.6. The minimum absolute atomic E-state index is 0.170. The van der Waals surface area contributed by atoms with Crippen LogP contribution in [0.1, 0.15) is 0 Å². The van der Waals surface area contributed by atoms with Crippen molar-refractivity contribution in [1.29, 1.82) is 0 Å². The number of benzene rings is 1. The molecule has 0 atom stereocenters. The zero-order valence-corrected chi connectivity index (χ0v) is 12.0. The molecule has 0 unspecified atom stereocenters. The molecule has 1 rings (SSSR count). The van der Waals surface area contributed by atoms with Crippen LogP contribution in [0.15, 0.2) is 18.2 Å². The highest BCUT2D eigenvalue weighted by Crippen LogP contribution is 2.19. The summed E-state index contributed by atoms with van der Waals surface area (Å²) in [6.45, 7) is 0.449. The van der Waals surface area contributed by atoms with Crippen LogP contribution in [0.25, 0.3) is 0 Å². The van der Waals surface area contributed by atoms with Gasteiger partial charge < -0.3 is 4.74 Å². The predicted octanol–water partition coefficient (Wildman–Crippen LogP) is 1.32. The molecule has 0 amide bonds. The van der Waals surface area contributed by atoms with Gasteiger partial charge >= 0.3 is 0 Å². The van der Waals surface area contributed by atoms with Crippen molar-refractivity contribution in [1.82, 2.24) is 4.72 Å². The van der Waals surface area contributed by atoms with E-state index in [0.29, 0.717) is 9.26 Å². The minimum atomic E-state index is -3.65. The molecule has 0 saturated heterocycles. The number of halogens is 2. The molecule has 17 heavy (non-hydrogen) atoms. The van der Waals surface area contributed by atoms with E-state index in [1.54, 1.807) is 0 Å². The second kappa shape index (κ2) is 6.47. The predicted molar refractivity (Wildman–Crippen MR) is 71.5 cm³/mol. The third-order valence-corrected chi connectivity index (χ3v) is 3.74. The summed E-state index contributed by atoms with van der Waals surface area (Å²) >= 11 is 1.85. The monoisotopic (exact) mass is 374 g/mol. The Morgan fingerprint density at radius 2 is 2.18 bits per heavy atom. The number of hydrogen-bond donors (Lipinski definition) is 2. The van der Waals surface area contributed by atoms with Gasteiger partial charge in [-0.25, -0.2) is 4.39 Å². The highest BCUT2D eigenvalue weighted by Gasteiger charge is 2.11. The van der Waals surface area contributed by atoms with Gasteiger partial charge in [-0.2, -0.15) is 13.1 Å². The van der Waals surface area contributed by atoms with Crippen LogP contribution in [-0.4, -0.2) is 28.7 Å². The summed E-state index contributed by atoms with van der Waals surface area (Å²) in [4.78, 5) is 0. The van der Waals surface area contributed by atoms with Crippen molar-refractivity contribution >= 4 is 38.5 Å². The zero-order chi connectivity index (χ0) is 12.9.